The summed E-state index contributed by atoms with van der Waals surface area (Å²) in [6.45, 7) is 1.72. The molecule has 0 saturated carbocycles. The van der Waals surface area contributed by atoms with E-state index in [-0.39, 0.29) is 40.9 Å². The Balaban J connectivity index is 2.41. The number of hydrogen-bond donors (Lipinski definition) is 2. The molecule has 0 amide bonds. The molecule has 0 atom stereocenters. The Kier molecular flexibility index (Phi) is 2.94. The molecule has 6 nitrogen and oxygen atoms in total. The molecule has 3 rings (SSSR count). The summed E-state index contributed by atoms with van der Waals surface area (Å²) in [6, 6.07) is 1.17. The summed E-state index contributed by atoms with van der Waals surface area (Å²) in [5, 5.41) is 19.9. The van der Waals surface area contributed by atoms with Gasteiger partial charge in [0.1, 0.15) is 16.9 Å². The fraction of sp³-hybridized carbons (Fsp3) is 0.200. The third-order valence-corrected chi connectivity index (χ3v) is 3.29. The van der Waals surface area contributed by atoms with Crippen LogP contribution in [0.2, 0.25) is 0 Å². The van der Waals surface area contributed by atoms with Gasteiger partial charge in [0.2, 0.25) is 0 Å². The van der Waals surface area contributed by atoms with Crippen molar-refractivity contribution < 1.29 is 29.0 Å². The number of carbonyl (C=O) groups excluding carboxylic acids is 2. The normalized spacial score (nSPS) is 13.5. The van der Waals surface area contributed by atoms with Crippen molar-refractivity contribution in [2.24, 2.45) is 0 Å². The number of fused-ring (bicyclic) bond motifs is 3. The summed E-state index contributed by atoms with van der Waals surface area (Å²) in [6.07, 6.45) is 3.46. The number of allylic oxidation sites excluding steroid dienone is 1. The molecule has 6 heteroatoms. The van der Waals surface area contributed by atoms with Crippen molar-refractivity contribution in [3.05, 3.63) is 29.0 Å². The van der Waals surface area contributed by atoms with Crippen molar-refractivity contribution in [2.75, 3.05) is 6.61 Å². The van der Waals surface area contributed by atoms with Gasteiger partial charge in [-0.25, -0.2) is 4.79 Å². The van der Waals surface area contributed by atoms with Gasteiger partial charge in [0, 0.05) is 12.5 Å². The molecular formula is C15H12O6. The summed E-state index contributed by atoms with van der Waals surface area (Å²) in [7, 11) is 0. The van der Waals surface area contributed by atoms with Gasteiger partial charge in [0.05, 0.1) is 17.6 Å². The predicted octanol–water partition coefficient (Wildman–Crippen LogP) is 2.62. The van der Waals surface area contributed by atoms with Gasteiger partial charge in [-0.15, -0.1) is 0 Å². The monoisotopic (exact) mass is 288 g/mol. The minimum absolute atomic E-state index is 0.101. The van der Waals surface area contributed by atoms with Gasteiger partial charge >= 0.3 is 5.97 Å². The smallest absolute Gasteiger partial charge is 0.342 e. The highest BCUT2D eigenvalue weighted by atomic mass is 16.5. The zero-order valence-corrected chi connectivity index (χ0v) is 11.2. The number of esters is 1. The molecule has 1 aromatic carbocycles. The van der Waals surface area contributed by atoms with Gasteiger partial charge < -0.3 is 19.4 Å². The molecule has 21 heavy (non-hydrogen) atoms. The van der Waals surface area contributed by atoms with Crippen molar-refractivity contribution in [1.82, 2.24) is 0 Å². The molecule has 2 N–H and O–H groups in total. The highest BCUT2D eigenvalue weighted by molar-refractivity contribution is 6.18. The van der Waals surface area contributed by atoms with Gasteiger partial charge in [0.25, 0.3) is 0 Å². The molecule has 0 saturated heterocycles. The van der Waals surface area contributed by atoms with Crippen LogP contribution >= 0.6 is 0 Å². The summed E-state index contributed by atoms with van der Waals surface area (Å²) in [4.78, 5) is 24.1. The first-order chi connectivity index (χ1) is 10.0. The van der Waals surface area contributed by atoms with E-state index in [0.717, 1.165) is 0 Å². The average Bonchev–Trinajstić information content (AvgIpc) is 2.79. The first-order valence-electron chi connectivity index (χ1n) is 6.42. The minimum atomic E-state index is -0.818. The molecule has 108 valence electrons. The minimum Gasteiger partial charge on any atom is -0.504 e. The summed E-state index contributed by atoms with van der Waals surface area (Å²) in [5.74, 6) is -1.86. The van der Waals surface area contributed by atoms with Crippen molar-refractivity contribution >= 4 is 28.8 Å². The van der Waals surface area contributed by atoms with E-state index < -0.39 is 17.5 Å². The lowest BCUT2D eigenvalue weighted by Gasteiger charge is -2.09. The number of rotatable bonds is 2. The van der Waals surface area contributed by atoms with Crippen LogP contribution in [-0.2, 0) is 4.74 Å². The summed E-state index contributed by atoms with van der Waals surface area (Å²) < 4.78 is 10.4. The largest absolute Gasteiger partial charge is 0.504 e. The maximum absolute atomic E-state index is 12.1. The molecule has 1 heterocycles. The number of furan rings is 1. The molecule has 0 fully saturated rings. The van der Waals surface area contributed by atoms with Gasteiger partial charge in [-0.2, -0.15) is 0 Å². The Morgan fingerprint density at radius 3 is 2.90 bits per heavy atom. The van der Waals surface area contributed by atoms with Crippen molar-refractivity contribution in [2.45, 2.75) is 13.3 Å². The highest BCUT2D eigenvalue weighted by Crippen LogP contribution is 2.41. The molecule has 0 spiro atoms. The van der Waals surface area contributed by atoms with Crippen molar-refractivity contribution in [1.29, 1.82) is 0 Å². The summed E-state index contributed by atoms with van der Waals surface area (Å²) in [5.41, 5.74) is 0.129. The first kappa shape index (κ1) is 13.2. The topological polar surface area (TPSA) is 97.0 Å². The van der Waals surface area contributed by atoms with E-state index in [1.54, 1.807) is 19.1 Å². The van der Waals surface area contributed by atoms with Gasteiger partial charge in [-0.3, -0.25) is 4.79 Å². The van der Waals surface area contributed by atoms with Gasteiger partial charge in [0.15, 0.2) is 17.3 Å². The Bertz CT molecular complexity index is 796. The molecule has 0 bridgehead atoms. The number of Topliss-reactive ketones (excluding diaryl/α,β-unsaturated/α-hetero) is 1. The third kappa shape index (κ3) is 1.87. The molecular weight excluding hydrogens is 276 g/mol. The Morgan fingerprint density at radius 2 is 2.19 bits per heavy atom. The van der Waals surface area contributed by atoms with E-state index in [2.05, 4.69) is 0 Å². The SMILES string of the molecule is CCOC(=O)c1c(O)c(O)cc2oc3c(c12)C(=O)CC=C3. The molecule has 0 radical (unpaired) electrons. The van der Waals surface area contributed by atoms with Gasteiger partial charge in [-0.1, -0.05) is 6.08 Å². The number of aromatic hydroxyl groups is 2. The number of phenols is 2. The number of phenolic OH excluding ortho intramolecular Hbond substituents is 2. The second-order valence-corrected chi connectivity index (χ2v) is 4.58. The van der Waals surface area contributed by atoms with E-state index in [0.29, 0.717) is 5.76 Å². The van der Waals surface area contributed by atoms with E-state index in [4.69, 9.17) is 9.15 Å². The van der Waals surface area contributed by atoms with Crippen LogP contribution in [0, 0.1) is 0 Å². The zero-order chi connectivity index (χ0) is 15.1. The fourth-order valence-electron chi connectivity index (χ4n) is 2.43. The van der Waals surface area contributed by atoms with Crippen LogP contribution in [-0.4, -0.2) is 28.6 Å². The maximum Gasteiger partial charge on any atom is 0.342 e. The summed E-state index contributed by atoms with van der Waals surface area (Å²) >= 11 is 0. The molecule has 1 aliphatic carbocycles. The maximum atomic E-state index is 12.1. The lowest BCUT2D eigenvalue weighted by Crippen LogP contribution is -2.08. The molecule has 2 aromatic rings. The first-order valence-corrected chi connectivity index (χ1v) is 6.42. The van der Waals surface area contributed by atoms with E-state index in [9.17, 15) is 19.8 Å². The number of ketones is 1. The molecule has 0 aliphatic heterocycles. The van der Waals surface area contributed by atoms with Crippen LogP contribution in [0.5, 0.6) is 11.5 Å². The number of ether oxygens (including phenoxy) is 1. The third-order valence-electron chi connectivity index (χ3n) is 3.29. The Morgan fingerprint density at radius 1 is 1.43 bits per heavy atom. The zero-order valence-electron chi connectivity index (χ0n) is 11.2. The number of carbonyl (C=O) groups is 2. The van der Waals surface area contributed by atoms with Crippen LogP contribution in [0.4, 0.5) is 0 Å². The average molecular weight is 288 g/mol. The van der Waals surface area contributed by atoms with Crippen LogP contribution in [0.25, 0.3) is 17.0 Å². The predicted molar refractivity (Wildman–Crippen MR) is 73.5 cm³/mol. The van der Waals surface area contributed by atoms with Crippen molar-refractivity contribution in [3.63, 3.8) is 0 Å². The highest BCUT2D eigenvalue weighted by Gasteiger charge is 2.30. The van der Waals surface area contributed by atoms with E-state index >= 15 is 0 Å². The van der Waals surface area contributed by atoms with Gasteiger partial charge in [-0.05, 0) is 13.0 Å². The van der Waals surface area contributed by atoms with Crippen molar-refractivity contribution in [3.8, 4) is 11.5 Å². The van der Waals surface area contributed by atoms with Crippen LogP contribution in [0.15, 0.2) is 16.6 Å². The number of hydrogen-bond acceptors (Lipinski definition) is 6. The number of benzene rings is 1. The van der Waals surface area contributed by atoms with Crippen LogP contribution in [0.3, 0.4) is 0 Å². The Labute approximate surface area is 119 Å². The second-order valence-electron chi connectivity index (χ2n) is 4.58. The Hall–Kier alpha value is -2.76. The van der Waals surface area contributed by atoms with Crippen LogP contribution in [0.1, 0.15) is 39.8 Å². The molecule has 1 aliphatic rings. The lowest BCUT2D eigenvalue weighted by molar-refractivity contribution is 0.0524. The van der Waals surface area contributed by atoms with Crippen LogP contribution < -0.4 is 0 Å². The standard InChI is InChI=1S/C15H12O6/c1-2-20-15(19)13-12-10(6-8(17)14(13)18)21-9-5-3-4-7(16)11(9)12/h3,5-6,17-18H,2,4H2,1H3. The quantitative estimate of drug-likeness (QED) is 0.651. The lowest BCUT2D eigenvalue weighted by atomic mass is 9.96. The van der Waals surface area contributed by atoms with E-state index in [1.807, 2.05) is 0 Å². The molecule has 0 unspecified atom stereocenters. The van der Waals surface area contributed by atoms with E-state index in [1.165, 1.54) is 6.07 Å². The molecule has 1 aromatic heterocycles. The fourth-order valence-corrected chi connectivity index (χ4v) is 2.43. The second kappa shape index (κ2) is 4.66.